The van der Waals surface area contributed by atoms with Crippen molar-refractivity contribution in [2.24, 2.45) is 0 Å². The number of hydrogen-bond acceptors (Lipinski definition) is 4. The van der Waals surface area contributed by atoms with E-state index >= 15 is 0 Å². The number of aromatic nitrogens is 1. The van der Waals surface area contributed by atoms with Crippen molar-refractivity contribution in [3.63, 3.8) is 0 Å². The topological polar surface area (TPSA) is 64.4 Å². The summed E-state index contributed by atoms with van der Waals surface area (Å²) in [7, 11) is 0. The molecule has 5 heteroatoms. The Morgan fingerprint density at radius 1 is 0.968 bits per heavy atom. The summed E-state index contributed by atoms with van der Waals surface area (Å²) >= 11 is 0. The van der Waals surface area contributed by atoms with Crippen LogP contribution in [0, 0.1) is 20.8 Å². The zero-order chi connectivity index (χ0) is 22.2. The molecule has 0 saturated carbocycles. The molecular formula is C26H26N2O3. The fourth-order valence-corrected chi connectivity index (χ4v) is 3.49. The summed E-state index contributed by atoms with van der Waals surface area (Å²) in [5.41, 5.74) is 5.20. The summed E-state index contributed by atoms with van der Waals surface area (Å²) in [6, 6.07) is 19.2. The van der Waals surface area contributed by atoms with Crippen molar-refractivity contribution in [3.8, 4) is 17.2 Å². The molecule has 0 unspecified atom stereocenters. The number of para-hydroxylation sites is 1. The van der Waals surface area contributed by atoms with Gasteiger partial charge in [-0.15, -0.1) is 0 Å². The van der Waals surface area contributed by atoms with Gasteiger partial charge in [0.1, 0.15) is 11.3 Å². The predicted octanol–water partition coefficient (Wildman–Crippen LogP) is 6.22. The maximum absolute atomic E-state index is 13.0. The molecule has 0 aliphatic rings. The molecule has 0 spiro atoms. The van der Waals surface area contributed by atoms with Crippen LogP contribution in [0.5, 0.6) is 5.75 Å². The maximum Gasteiger partial charge on any atom is 0.267 e. The normalized spacial score (nSPS) is 11.5. The van der Waals surface area contributed by atoms with Crippen LogP contribution < -0.4 is 10.1 Å². The van der Waals surface area contributed by atoms with Gasteiger partial charge in [-0.25, -0.2) is 4.98 Å². The molecular weight excluding hydrogens is 388 g/mol. The second-order valence-corrected chi connectivity index (χ2v) is 8.36. The van der Waals surface area contributed by atoms with Crippen molar-refractivity contribution in [1.82, 2.24) is 4.98 Å². The van der Waals surface area contributed by atoms with E-state index in [0.717, 1.165) is 33.4 Å². The zero-order valence-electron chi connectivity index (χ0n) is 18.4. The molecule has 31 heavy (non-hydrogen) atoms. The number of carbonyl (C=O) groups excluding carboxylic acids is 1. The minimum atomic E-state index is -1.05. The molecule has 3 aromatic carbocycles. The summed E-state index contributed by atoms with van der Waals surface area (Å²) in [4.78, 5) is 17.6. The zero-order valence-corrected chi connectivity index (χ0v) is 18.4. The molecule has 0 bridgehead atoms. The molecule has 1 heterocycles. The van der Waals surface area contributed by atoms with E-state index in [1.165, 1.54) is 0 Å². The first-order valence-corrected chi connectivity index (χ1v) is 10.3. The van der Waals surface area contributed by atoms with Crippen LogP contribution in [0.3, 0.4) is 0 Å². The Morgan fingerprint density at radius 2 is 1.71 bits per heavy atom. The summed E-state index contributed by atoms with van der Waals surface area (Å²) in [6.45, 7) is 9.50. The fraction of sp³-hybridized carbons (Fsp3) is 0.231. The van der Waals surface area contributed by atoms with E-state index in [9.17, 15) is 4.79 Å². The van der Waals surface area contributed by atoms with Gasteiger partial charge in [-0.05, 0) is 81.6 Å². The molecule has 0 fully saturated rings. The van der Waals surface area contributed by atoms with Crippen molar-refractivity contribution in [2.75, 3.05) is 5.32 Å². The van der Waals surface area contributed by atoms with Gasteiger partial charge in [-0.3, -0.25) is 4.79 Å². The van der Waals surface area contributed by atoms with Gasteiger partial charge >= 0.3 is 0 Å². The van der Waals surface area contributed by atoms with Crippen molar-refractivity contribution >= 4 is 22.7 Å². The second kappa shape index (κ2) is 7.91. The van der Waals surface area contributed by atoms with E-state index in [-0.39, 0.29) is 5.91 Å². The minimum Gasteiger partial charge on any atom is -0.478 e. The quantitative estimate of drug-likeness (QED) is 0.421. The summed E-state index contributed by atoms with van der Waals surface area (Å²) in [5, 5.41) is 3.00. The maximum atomic E-state index is 13.0. The second-order valence-electron chi connectivity index (χ2n) is 8.36. The Balaban J connectivity index is 1.61. The van der Waals surface area contributed by atoms with E-state index in [4.69, 9.17) is 9.15 Å². The lowest BCUT2D eigenvalue weighted by Crippen LogP contribution is -2.42. The SMILES string of the molecule is Cc1cc(C)c2oc(-c3ccc(C)c(NC(=O)C(C)(C)Oc4ccccc4)c3)nc2c1. The van der Waals surface area contributed by atoms with Crippen LogP contribution in [-0.2, 0) is 4.79 Å². The number of anilines is 1. The van der Waals surface area contributed by atoms with Gasteiger partial charge in [-0.1, -0.05) is 30.3 Å². The van der Waals surface area contributed by atoms with E-state index in [2.05, 4.69) is 16.4 Å². The molecule has 0 atom stereocenters. The van der Waals surface area contributed by atoms with Crippen LogP contribution in [0.1, 0.15) is 30.5 Å². The Labute approximate surface area is 182 Å². The lowest BCUT2D eigenvalue weighted by atomic mass is 10.1. The summed E-state index contributed by atoms with van der Waals surface area (Å²) in [6.07, 6.45) is 0. The third-order valence-electron chi connectivity index (χ3n) is 5.22. The van der Waals surface area contributed by atoms with E-state index in [1.54, 1.807) is 13.8 Å². The highest BCUT2D eigenvalue weighted by Crippen LogP contribution is 2.30. The highest BCUT2D eigenvalue weighted by Gasteiger charge is 2.30. The van der Waals surface area contributed by atoms with Gasteiger partial charge in [0.25, 0.3) is 5.91 Å². The number of fused-ring (bicyclic) bond motifs is 1. The average molecular weight is 415 g/mol. The molecule has 158 valence electrons. The number of oxazole rings is 1. The van der Waals surface area contributed by atoms with Crippen LogP contribution in [0.4, 0.5) is 5.69 Å². The first-order chi connectivity index (χ1) is 14.7. The van der Waals surface area contributed by atoms with Crippen LogP contribution >= 0.6 is 0 Å². The largest absolute Gasteiger partial charge is 0.478 e. The molecule has 0 aliphatic carbocycles. The fourth-order valence-electron chi connectivity index (χ4n) is 3.49. The predicted molar refractivity (Wildman–Crippen MR) is 123 cm³/mol. The molecule has 0 saturated heterocycles. The first kappa shape index (κ1) is 20.7. The lowest BCUT2D eigenvalue weighted by molar-refractivity contribution is -0.128. The Kier molecular flexibility index (Phi) is 5.27. The van der Waals surface area contributed by atoms with Crippen molar-refractivity contribution in [2.45, 2.75) is 40.2 Å². The van der Waals surface area contributed by atoms with Crippen molar-refractivity contribution < 1.29 is 13.9 Å². The highest BCUT2D eigenvalue weighted by atomic mass is 16.5. The third-order valence-corrected chi connectivity index (χ3v) is 5.22. The molecule has 1 N–H and O–H groups in total. The molecule has 1 aromatic heterocycles. The van der Waals surface area contributed by atoms with E-state index in [0.29, 0.717) is 17.3 Å². The third kappa shape index (κ3) is 4.31. The lowest BCUT2D eigenvalue weighted by Gasteiger charge is -2.25. The number of ether oxygens (including phenoxy) is 1. The molecule has 4 rings (SSSR count). The number of nitrogens with one attached hydrogen (secondary N) is 1. The van der Waals surface area contributed by atoms with Gasteiger partial charge in [0.2, 0.25) is 5.89 Å². The Bertz CT molecular complexity index is 1260. The van der Waals surface area contributed by atoms with E-state index in [1.807, 2.05) is 75.4 Å². The molecule has 0 aliphatic heterocycles. The number of nitrogens with zero attached hydrogens (tertiary/aromatic N) is 1. The molecule has 0 radical (unpaired) electrons. The Hall–Kier alpha value is -3.60. The monoisotopic (exact) mass is 414 g/mol. The number of rotatable bonds is 5. The van der Waals surface area contributed by atoms with Crippen LogP contribution in [0.25, 0.3) is 22.6 Å². The Morgan fingerprint density at radius 3 is 2.45 bits per heavy atom. The molecule has 1 amide bonds. The number of amides is 1. The van der Waals surface area contributed by atoms with Gasteiger partial charge in [0.15, 0.2) is 11.2 Å². The highest BCUT2D eigenvalue weighted by molar-refractivity contribution is 5.98. The van der Waals surface area contributed by atoms with Crippen LogP contribution in [-0.4, -0.2) is 16.5 Å². The summed E-state index contributed by atoms with van der Waals surface area (Å²) < 4.78 is 11.9. The number of hydrogen-bond donors (Lipinski definition) is 1. The van der Waals surface area contributed by atoms with Crippen molar-refractivity contribution in [1.29, 1.82) is 0 Å². The number of benzene rings is 3. The van der Waals surface area contributed by atoms with Gasteiger partial charge < -0.3 is 14.5 Å². The first-order valence-electron chi connectivity index (χ1n) is 10.3. The number of aryl methyl sites for hydroxylation is 3. The molecule has 5 nitrogen and oxygen atoms in total. The smallest absolute Gasteiger partial charge is 0.267 e. The van der Waals surface area contributed by atoms with Crippen molar-refractivity contribution in [3.05, 3.63) is 77.4 Å². The average Bonchev–Trinajstić information content (AvgIpc) is 3.14. The van der Waals surface area contributed by atoms with Gasteiger partial charge in [0.05, 0.1) is 0 Å². The number of carbonyl (C=O) groups is 1. The van der Waals surface area contributed by atoms with Gasteiger partial charge in [-0.2, -0.15) is 0 Å². The van der Waals surface area contributed by atoms with Crippen LogP contribution in [0.15, 0.2) is 65.1 Å². The van der Waals surface area contributed by atoms with Gasteiger partial charge in [0, 0.05) is 11.3 Å². The summed E-state index contributed by atoms with van der Waals surface area (Å²) in [5.74, 6) is 0.935. The minimum absolute atomic E-state index is 0.236. The van der Waals surface area contributed by atoms with E-state index < -0.39 is 5.60 Å². The van der Waals surface area contributed by atoms with Crippen LogP contribution in [0.2, 0.25) is 0 Å². The molecule has 4 aromatic rings. The standard InChI is InChI=1S/C26H26N2O3/c1-16-13-18(3)23-22(14-16)27-24(30-23)19-12-11-17(2)21(15-19)28-25(29)26(4,5)31-20-9-7-6-8-10-20/h6-15H,1-5H3,(H,28,29).